The van der Waals surface area contributed by atoms with Gasteiger partial charge in [-0.05, 0) is 50.5 Å². The van der Waals surface area contributed by atoms with Gasteiger partial charge in [-0.25, -0.2) is 4.79 Å². The minimum absolute atomic E-state index is 0.218. The zero-order valence-electron chi connectivity index (χ0n) is 14.9. The molecule has 0 heterocycles. The van der Waals surface area contributed by atoms with Gasteiger partial charge in [-0.15, -0.1) is 0 Å². The van der Waals surface area contributed by atoms with Gasteiger partial charge in [0.1, 0.15) is 18.0 Å². The molecule has 2 aromatic rings. The topological polar surface area (TPSA) is 47.9 Å². The van der Waals surface area contributed by atoms with Crippen LogP contribution in [0.25, 0.3) is 0 Å². The van der Waals surface area contributed by atoms with E-state index in [1.165, 1.54) is 0 Å². The third-order valence-corrected chi connectivity index (χ3v) is 3.81. The summed E-state index contributed by atoms with van der Waals surface area (Å²) in [6.45, 7) is 6.06. The molecule has 0 aliphatic heterocycles. The number of carbonyl (C=O) groups is 1. The standard InChI is InChI=1S/C21H23NO3/c1-21(2,3)25-20(23)22-19-13-18(19)16-9-11-17(12-10-16)24-14-15-7-5-4-6-8-15/h4-12,18H,13-14H2,1-3H3. The number of benzene rings is 2. The van der Waals surface area contributed by atoms with Crippen LogP contribution in [0.5, 0.6) is 5.75 Å². The Hall–Kier alpha value is -2.62. The molecule has 1 aliphatic rings. The monoisotopic (exact) mass is 337 g/mol. The Kier molecular flexibility index (Phi) is 4.88. The number of rotatable bonds is 4. The molecule has 1 atom stereocenters. The van der Waals surface area contributed by atoms with E-state index in [9.17, 15) is 4.79 Å². The minimum Gasteiger partial charge on any atom is -0.489 e. The molecule has 1 amide bonds. The van der Waals surface area contributed by atoms with E-state index >= 15 is 0 Å². The van der Waals surface area contributed by atoms with Crippen LogP contribution in [0.15, 0.2) is 59.6 Å². The zero-order valence-corrected chi connectivity index (χ0v) is 14.9. The maximum atomic E-state index is 11.7. The van der Waals surface area contributed by atoms with Crippen molar-refractivity contribution in [2.24, 2.45) is 4.99 Å². The van der Waals surface area contributed by atoms with Gasteiger partial charge in [0.05, 0.1) is 0 Å². The van der Waals surface area contributed by atoms with E-state index < -0.39 is 11.7 Å². The van der Waals surface area contributed by atoms with Crippen LogP contribution in [0.3, 0.4) is 0 Å². The van der Waals surface area contributed by atoms with E-state index in [4.69, 9.17) is 9.47 Å². The van der Waals surface area contributed by atoms with E-state index in [0.29, 0.717) is 6.61 Å². The van der Waals surface area contributed by atoms with Crippen molar-refractivity contribution in [1.29, 1.82) is 0 Å². The number of nitrogens with zero attached hydrogens (tertiary/aromatic N) is 1. The number of aliphatic imine (C=N–C) groups is 1. The SMILES string of the molecule is CC(C)(C)OC(=O)N=C1CC1c1ccc(OCc2ccccc2)cc1. The maximum absolute atomic E-state index is 11.7. The molecule has 3 rings (SSSR count). The Bertz CT molecular complexity index is 758. The molecule has 1 unspecified atom stereocenters. The van der Waals surface area contributed by atoms with Gasteiger partial charge in [0.25, 0.3) is 0 Å². The fraction of sp³-hybridized carbons (Fsp3) is 0.333. The summed E-state index contributed by atoms with van der Waals surface area (Å²) >= 11 is 0. The van der Waals surface area contributed by atoms with Crippen LogP contribution < -0.4 is 4.74 Å². The lowest BCUT2D eigenvalue weighted by molar-refractivity contribution is 0.0604. The van der Waals surface area contributed by atoms with E-state index in [1.54, 1.807) is 0 Å². The highest BCUT2D eigenvalue weighted by molar-refractivity contribution is 6.10. The van der Waals surface area contributed by atoms with Gasteiger partial charge < -0.3 is 9.47 Å². The molecular formula is C21H23NO3. The first kappa shape index (κ1) is 17.2. The second-order valence-corrected chi connectivity index (χ2v) is 7.18. The Morgan fingerprint density at radius 3 is 2.40 bits per heavy atom. The van der Waals surface area contributed by atoms with Crippen LogP contribution in [0, 0.1) is 0 Å². The average molecular weight is 337 g/mol. The number of amides is 1. The minimum atomic E-state index is -0.511. The molecule has 4 heteroatoms. The van der Waals surface area contributed by atoms with Crippen molar-refractivity contribution >= 4 is 11.8 Å². The van der Waals surface area contributed by atoms with Gasteiger partial charge in [-0.1, -0.05) is 42.5 Å². The average Bonchev–Trinajstić information content (AvgIpc) is 3.31. The van der Waals surface area contributed by atoms with Crippen molar-refractivity contribution in [2.75, 3.05) is 0 Å². The van der Waals surface area contributed by atoms with Gasteiger partial charge >= 0.3 is 6.09 Å². The van der Waals surface area contributed by atoms with E-state index in [2.05, 4.69) is 4.99 Å². The van der Waals surface area contributed by atoms with E-state index in [-0.39, 0.29) is 5.92 Å². The van der Waals surface area contributed by atoms with Crippen molar-refractivity contribution < 1.29 is 14.3 Å². The Morgan fingerprint density at radius 2 is 1.76 bits per heavy atom. The molecule has 25 heavy (non-hydrogen) atoms. The molecule has 0 N–H and O–H groups in total. The number of hydrogen-bond acceptors (Lipinski definition) is 3. The van der Waals surface area contributed by atoms with Crippen LogP contribution >= 0.6 is 0 Å². The Labute approximate surface area is 148 Å². The van der Waals surface area contributed by atoms with E-state index in [1.807, 2.05) is 75.4 Å². The molecule has 0 radical (unpaired) electrons. The maximum Gasteiger partial charge on any atom is 0.434 e. The fourth-order valence-electron chi connectivity index (χ4n) is 2.52. The zero-order chi connectivity index (χ0) is 17.9. The first-order chi connectivity index (χ1) is 11.9. The smallest absolute Gasteiger partial charge is 0.434 e. The van der Waals surface area contributed by atoms with Gasteiger partial charge in [0.15, 0.2) is 0 Å². The third-order valence-electron chi connectivity index (χ3n) is 3.81. The lowest BCUT2D eigenvalue weighted by atomic mass is 10.1. The summed E-state index contributed by atoms with van der Waals surface area (Å²) in [5, 5.41) is 0. The normalized spacial score (nSPS) is 18.0. The highest BCUT2D eigenvalue weighted by atomic mass is 16.6. The molecule has 1 fully saturated rings. The molecule has 0 bridgehead atoms. The molecule has 0 saturated heterocycles. The van der Waals surface area contributed by atoms with Gasteiger partial charge in [0, 0.05) is 11.6 Å². The molecule has 1 saturated carbocycles. The first-order valence-corrected chi connectivity index (χ1v) is 8.48. The van der Waals surface area contributed by atoms with Gasteiger partial charge in [-0.3, -0.25) is 0 Å². The number of carbonyl (C=O) groups excluding carboxylic acids is 1. The van der Waals surface area contributed by atoms with Crippen molar-refractivity contribution in [3.8, 4) is 5.75 Å². The Morgan fingerprint density at radius 1 is 1.08 bits per heavy atom. The molecule has 0 spiro atoms. The van der Waals surface area contributed by atoms with Crippen molar-refractivity contribution in [3.05, 3.63) is 65.7 Å². The van der Waals surface area contributed by atoms with Crippen LogP contribution in [0.1, 0.15) is 44.2 Å². The lowest BCUT2D eigenvalue weighted by Crippen LogP contribution is -2.22. The summed E-state index contributed by atoms with van der Waals surface area (Å²) in [7, 11) is 0. The van der Waals surface area contributed by atoms with Gasteiger partial charge in [-0.2, -0.15) is 4.99 Å². The third kappa shape index (κ3) is 5.18. The summed E-state index contributed by atoms with van der Waals surface area (Å²) in [5.41, 5.74) is 2.66. The lowest BCUT2D eigenvalue weighted by Gasteiger charge is -2.17. The molecule has 4 nitrogen and oxygen atoms in total. The number of hydrogen-bond donors (Lipinski definition) is 0. The van der Waals surface area contributed by atoms with Crippen LogP contribution in [0.2, 0.25) is 0 Å². The molecule has 1 aliphatic carbocycles. The molecular weight excluding hydrogens is 314 g/mol. The second-order valence-electron chi connectivity index (χ2n) is 7.18. The Balaban J connectivity index is 1.54. The second kappa shape index (κ2) is 7.09. The molecule has 0 aromatic heterocycles. The van der Waals surface area contributed by atoms with Crippen molar-refractivity contribution in [2.45, 2.75) is 45.3 Å². The largest absolute Gasteiger partial charge is 0.489 e. The predicted octanol–water partition coefficient (Wildman–Crippen LogP) is 5.13. The van der Waals surface area contributed by atoms with E-state index in [0.717, 1.165) is 29.0 Å². The highest BCUT2D eigenvalue weighted by Gasteiger charge is 2.35. The number of ether oxygens (including phenoxy) is 2. The summed E-state index contributed by atoms with van der Waals surface area (Å²) < 4.78 is 11.0. The summed E-state index contributed by atoms with van der Waals surface area (Å²) in [5.74, 6) is 1.05. The van der Waals surface area contributed by atoms with Crippen LogP contribution in [-0.2, 0) is 11.3 Å². The highest BCUT2D eigenvalue weighted by Crippen LogP contribution is 2.38. The van der Waals surface area contributed by atoms with Crippen LogP contribution in [0.4, 0.5) is 4.79 Å². The summed E-state index contributed by atoms with van der Waals surface area (Å²) in [4.78, 5) is 15.8. The predicted molar refractivity (Wildman–Crippen MR) is 98.2 cm³/mol. The molecule has 130 valence electrons. The summed E-state index contributed by atoms with van der Waals surface area (Å²) in [6.07, 6.45) is 0.302. The van der Waals surface area contributed by atoms with Crippen molar-refractivity contribution in [1.82, 2.24) is 0 Å². The van der Waals surface area contributed by atoms with Crippen LogP contribution in [-0.4, -0.2) is 17.4 Å². The quantitative estimate of drug-likeness (QED) is 0.777. The fourth-order valence-corrected chi connectivity index (χ4v) is 2.52. The van der Waals surface area contributed by atoms with Gasteiger partial charge in [0.2, 0.25) is 0 Å². The van der Waals surface area contributed by atoms with Crippen molar-refractivity contribution in [3.63, 3.8) is 0 Å². The molecule has 2 aromatic carbocycles. The summed E-state index contributed by atoms with van der Waals surface area (Å²) in [6, 6.07) is 18.1. The first-order valence-electron chi connectivity index (χ1n) is 8.48.